The molecule has 1 aromatic carbocycles. The lowest BCUT2D eigenvalue weighted by Crippen LogP contribution is -2.41. The highest BCUT2D eigenvalue weighted by Gasteiger charge is 2.38. The van der Waals surface area contributed by atoms with Crippen LogP contribution in [0.2, 0.25) is 5.15 Å². The molecule has 3 aromatic rings. The number of hydrogen-bond donors (Lipinski definition) is 4. The SMILES string of the molecule is CC(C)(C)OC(=O)N[C@H]1C[C@@H](CO)NC1c1cc(-c2cnccc2C#N)ccc1NC(=O)c1cccc(Cl)n1. The largest absolute Gasteiger partial charge is 0.444 e. The highest BCUT2D eigenvalue weighted by molar-refractivity contribution is 6.29. The first-order valence-corrected chi connectivity index (χ1v) is 12.7. The number of aromatic nitrogens is 2. The van der Waals surface area contributed by atoms with Gasteiger partial charge >= 0.3 is 6.09 Å². The van der Waals surface area contributed by atoms with Crippen LogP contribution in [0.3, 0.4) is 0 Å². The molecule has 0 aliphatic carbocycles. The number of ether oxygens (including phenoxy) is 1. The fourth-order valence-corrected chi connectivity index (χ4v) is 4.62. The second-order valence-electron chi connectivity index (χ2n) is 10.1. The molecule has 202 valence electrons. The van der Waals surface area contributed by atoms with Gasteiger partial charge in [-0.15, -0.1) is 0 Å². The van der Waals surface area contributed by atoms with Crippen molar-refractivity contribution < 1.29 is 19.4 Å². The van der Waals surface area contributed by atoms with E-state index in [1.165, 1.54) is 0 Å². The summed E-state index contributed by atoms with van der Waals surface area (Å²) >= 11 is 5.98. The predicted octanol–water partition coefficient (Wildman–Crippen LogP) is 4.21. The third kappa shape index (κ3) is 6.89. The number of rotatable bonds is 6. The first-order valence-electron chi connectivity index (χ1n) is 12.4. The van der Waals surface area contributed by atoms with Crippen molar-refractivity contribution in [3.63, 3.8) is 0 Å². The molecule has 4 N–H and O–H groups in total. The summed E-state index contributed by atoms with van der Waals surface area (Å²) in [5.41, 5.74) is 2.27. The number of alkyl carbamates (subject to hydrolysis) is 1. The van der Waals surface area contributed by atoms with E-state index in [1.54, 1.807) is 69.6 Å². The molecule has 1 aliphatic heterocycles. The van der Waals surface area contributed by atoms with Gasteiger partial charge in [0.1, 0.15) is 16.4 Å². The molecule has 0 bridgehead atoms. The minimum absolute atomic E-state index is 0.132. The Labute approximate surface area is 231 Å². The number of nitriles is 1. The topological polar surface area (TPSA) is 149 Å². The maximum Gasteiger partial charge on any atom is 0.407 e. The van der Waals surface area contributed by atoms with E-state index in [0.717, 1.165) is 0 Å². The second kappa shape index (κ2) is 11.8. The van der Waals surface area contributed by atoms with Gasteiger partial charge in [-0.1, -0.05) is 23.7 Å². The smallest absolute Gasteiger partial charge is 0.407 e. The predicted molar refractivity (Wildman–Crippen MR) is 146 cm³/mol. The lowest BCUT2D eigenvalue weighted by molar-refractivity contribution is 0.0499. The number of hydrogen-bond acceptors (Lipinski definition) is 8. The van der Waals surface area contributed by atoms with Gasteiger partial charge in [0.15, 0.2) is 0 Å². The molecule has 2 aromatic heterocycles. The molecular formula is C28H29ClN6O4. The lowest BCUT2D eigenvalue weighted by Gasteiger charge is -2.26. The lowest BCUT2D eigenvalue weighted by atomic mass is 9.93. The Bertz CT molecular complexity index is 1420. The minimum atomic E-state index is -0.695. The van der Waals surface area contributed by atoms with Gasteiger partial charge in [-0.05, 0) is 68.7 Å². The van der Waals surface area contributed by atoms with Crippen LogP contribution < -0.4 is 16.0 Å². The molecule has 1 saturated heterocycles. The zero-order valence-corrected chi connectivity index (χ0v) is 22.5. The van der Waals surface area contributed by atoms with Crippen LogP contribution in [0.25, 0.3) is 11.1 Å². The van der Waals surface area contributed by atoms with Crippen molar-refractivity contribution in [1.29, 1.82) is 5.26 Å². The molecule has 0 radical (unpaired) electrons. The summed E-state index contributed by atoms with van der Waals surface area (Å²) in [5.74, 6) is -0.473. The van der Waals surface area contributed by atoms with E-state index in [2.05, 4.69) is 32.0 Å². The Morgan fingerprint density at radius 1 is 1.26 bits per heavy atom. The van der Waals surface area contributed by atoms with E-state index < -0.39 is 29.7 Å². The number of aliphatic hydroxyl groups is 1. The fraction of sp³-hybridized carbons (Fsp3) is 0.321. The summed E-state index contributed by atoms with van der Waals surface area (Å²) in [7, 11) is 0. The molecule has 4 rings (SSSR count). The summed E-state index contributed by atoms with van der Waals surface area (Å²) in [6.07, 6.45) is 2.97. The molecule has 2 amide bonds. The van der Waals surface area contributed by atoms with Crippen molar-refractivity contribution >= 4 is 29.3 Å². The van der Waals surface area contributed by atoms with Crippen molar-refractivity contribution in [2.75, 3.05) is 11.9 Å². The molecular weight excluding hydrogens is 520 g/mol. The quantitative estimate of drug-likeness (QED) is 0.335. The maximum absolute atomic E-state index is 13.1. The molecule has 1 unspecified atom stereocenters. The van der Waals surface area contributed by atoms with Crippen molar-refractivity contribution in [2.24, 2.45) is 0 Å². The highest BCUT2D eigenvalue weighted by Crippen LogP contribution is 2.36. The number of carbonyl (C=O) groups is 2. The van der Waals surface area contributed by atoms with Crippen LogP contribution in [0.4, 0.5) is 10.5 Å². The molecule has 11 heteroatoms. The second-order valence-corrected chi connectivity index (χ2v) is 10.5. The standard InChI is InChI=1S/C28H29ClN6O4/c1-28(2,3)39-27(38)35-23-12-18(15-36)32-25(23)19-11-16(20-14-31-10-9-17(20)13-30)7-8-21(19)34-26(37)22-5-4-6-24(29)33-22/h4-11,14,18,23,25,32,36H,12,15H2,1-3H3,(H,34,37)(H,35,38)/t18-,23-,25?/m0/s1. The molecule has 39 heavy (non-hydrogen) atoms. The number of pyridine rings is 2. The van der Waals surface area contributed by atoms with Crippen LogP contribution >= 0.6 is 11.6 Å². The van der Waals surface area contributed by atoms with E-state index >= 15 is 0 Å². The summed E-state index contributed by atoms with van der Waals surface area (Å²) in [5, 5.41) is 28.9. The molecule has 1 fully saturated rings. The Kier molecular flexibility index (Phi) is 8.45. The van der Waals surface area contributed by atoms with E-state index in [-0.39, 0.29) is 23.5 Å². The highest BCUT2D eigenvalue weighted by atomic mass is 35.5. The average molecular weight is 549 g/mol. The van der Waals surface area contributed by atoms with Gasteiger partial charge in [0.25, 0.3) is 5.91 Å². The van der Waals surface area contributed by atoms with E-state index in [0.29, 0.717) is 34.4 Å². The zero-order chi connectivity index (χ0) is 28.2. The van der Waals surface area contributed by atoms with Crippen LogP contribution in [0.5, 0.6) is 0 Å². The molecule has 0 saturated carbocycles. The van der Waals surface area contributed by atoms with Gasteiger partial charge < -0.3 is 25.8 Å². The third-order valence-electron chi connectivity index (χ3n) is 6.11. The maximum atomic E-state index is 13.1. The number of carbonyl (C=O) groups excluding carboxylic acids is 2. The van der Waals surface area contributed by atoms with Gasteiger partial charge in [0, 0.05) is 29.7 Å². The number of aliphatic hydroxyl groups excluding tert-OH is 1. The van der Waals surface area contributed by atoms with Crippen LogP contribution in [-0.2, 0) is 4.74 Å². The summed E-state index contributed by atoms with van der Waals surface area (Å²) in [6, 6.07) is 12.6. The summed E-state index contributed by atoms with van der Waals surface area (Å²) in [4.78, 5) is 34.0. The molecule has 3 heterocycles. The summed E-state index contributed by atoms with van der Waals surface area (Å²) < 4.78 is 5.46. The van der Waals surface area contributed by atoms with Gasteiger partial charge in [-0.2, -0.15) is 5.26 Å². The van der Waals surface area contributed by atoms with Crippen molar-refractivity contribution in [1.82, 2.24) is 20.6 Å². The van der Waals surface area contributed by atoms with E-state index in [4.69, 9.17) is 16.3 Å². The molecule has 10 nitrogen and oxygen atoms in total. The Hall–Kier alpha value is -4.04. The van der Waals surface area contributed by atoms with Crippen molar-refractivity contribution in [3.8, 4) is 17.2 Å². The molecule has 0 spiro atoms. The Balaban J connectivity index is 1.76. The fourth-order valence-electron chi connectivity index (χ4n) is 4.46. The summed E-state index contributed by atoms with van der Waals surface area (Å²) in [6.45, 7) is 5.16. The van der Waals surface area contributed by atoms with Gasteiger partial charge in [-0.25, -0.2) is 9.78 Å². The van der Waals surface area contributed by atoms with Crippen LogP contribution in [0.15, 0.2) is 54.9 Å². The first-order chi connectivity index (χ1) is 18.6. The number of nitrogens with zero attached hydrogens (tertiary/aromatic N) is 3. The monoisotopic (exact) mass is 548 g/mol. The molecule has 3 atom stereocenters. The number of benzene rings is 1. The van der Waals surface area contributed by atoms with E-state index in [1.807, 2.05) is 6.07 Å². The van der Waals surface area contributed by atoms with Gasteiger partial charge in [-0.3, -0.25) is 9.78 Å². The number of halogens is 1. The number of anilines is 1. The average Bonchev–Trinajstić information content (AvgIpc) is 3.30. The molecule has 1 aliphatic rings. The van der Waals surface area contributed by atoms with Gasteiger partial charge in [0.05, 0.1) is 30.3 Å². The van der Waals surface area contributed by atoms with Crippen LogP contribution in [0, 0.1) is 11.3 Å². The van der Waals surface area contributed by atoms with Crippen LogP contribution in [-0.4, -0.2) is 51.4 Å². The van der Waals surface area contributed by atoms with Gasteiger partial charge in [0.2, 0.25) is 0 Å². The number of nitrogens with one attached hydrogen (secondary N) is 3. The van der Waals surface area contributed by atoms with Crippen LogP contribution in [0.1, 0.15) is 54.8 Å². The zero-order valence-electron chi connectivity index (χ0n) is 21.7. The normalized spacial score (nSPS) is 18.7. The van der Waals surface area contributed by atoms with E-state index in [9.17, 15) is 20.0 Å². The Morgan fingerprint density at radius 2 is 2.05 bits per heavy atom. The number of amides is 2. The van der Waals surface area contributed by atoms with Crippen molar-refractivity contribution in [2.45, 2.75) is 50.9 Å². The first kappa shape index (κ1) is 28.0. The third-order valence-corrected chi connectivity index (χ3v) is 6.32. The minimum Gasteiger partial charge on any atom is -0.444 e. The van der Waals surface area contributed by atoms with Crippen molar-refractivity contribution in [3.05, 3.63) is 76.8 Å². The Morgan fingerprint density at radius 3 is 2.74 bits per heavy atom.